The average Bonchev–Trinajstić information content (AvgIpc) is 3.01. The Bertz CT molecular complexity index is 593. The number of nitrogens with one attached hydrogen (secondary N) is 1. The van der Waals surface area contributed by atoms with Crippen molar-refractivity contribution in [2.45, 2.75) is 32.7 Å². The zero-order chi connectivity index (χ0) is 15.9. The molecule has 0 radical (unpaired) electrons. The van der Waals surface area contributed by atoms with Gasteiger partial charge < -0.3 is 15.5 Å². The zero-order valence-corrected chi connectivity index (χ0v) is 13.1. The summed E-state index contributed by atoms with van der Waals surface area (Å²) in [6.45, 7) is 4.57. The molecule has 1 aromatic carbocycles. The molecule has 0 aliphatic heterocycles. The fraction of sp³-hybridized carbons (Fsp3) is 0.412. The number of oxazole rings is 1. The molecule has 118 valence electrons. The number of aryl methyl sites for hydroxylation is 1. The molecule has 0 aliphatic rings. The van der Waals surface area contributed by atoms with Gasteiger partial charge >= 0.3 is 0 Å². The predicted molar refractivity (Wildman–Crippen MR) is 85.4 cm³/mol. The van der Waals surface area contributed by atoms with Crippen molar-refractivity contribution in [2.75, 3.05) is 6.54 Å². The van der Waals surface area contributed by atoms with Crippen LogP contribution in [-0.2, 0) is 6.42 Å². The number of rotatable bonds is 7. The van der Waals surface area contributed by atoms with Crippen molar-refractivity contribution in [2.24, 2.45) is 11.7 Å². The summed E-state index contributed by atoms with van der Waals surface area (Å²) in [5.74, 6) is 0.392. The largest absolute Gasteiger partial charge is 0.446 e. The summed E-state index contributed by atoms with van der Waals surface area (Å²) in [4.78, 5) is 16.2. The lowest BCUT2D eigenvalue weighted by atomic mass is 10.1. The molecule has 0 spiro atoms. The van der Waals surface area contributed by atoms with E-state index in [9.17, 15) is 4.79 Å². The van der Waals surface area contributed by atoms with Crippen LogP contribution in [0.4, 0.5) is 0 Å². The van der Waals surface area contributed by atoms with Crippen LogP contribution in [0, 0.1) is 5.92 Å². The van der Waals surface area contributed by atoms with Crippen molar-refractivity contribution in [3.8, 4) is 0 Å². The molecule has 0 fully saturated rings. The van der Waals surface area contributed by atoms with E-state index in [2.05, 4.69) is 22.4 Å². The normalized spacial score (nSPS) is 12.4. The minimum Gasteiger partial charge on any atom is -0.446 e. The highest BCUT2D eigenvalue weighted by Crippen LogP contribution is 2.17. The molecule has 1 aromatic heterocycles. The molecule has 1 atom stereocenters. The van der Waals surface area contributed by atoms with Gasteiger partial charge in [-0.3, -0.25) is 4.79 Å². The van der Waals surface area contributed by atoms with Crippen molar-refractivity contribution in [3.63, 3.8) is 0 Å². The summed E-state index contributed by atoms with van der Waals surface area (Å²) < 4.78 is 5.29. The van der Waals surface area contributed by atoms with Crippen molar-refractivity contribution in [1.29, 1.82) is 0 Å². The lowest BCUT2D eigenvalue weighted by Crippen LogP contribution is -2.25. The number of aromatic nitrogens is 1. The quantitative estimate of drug-likeness (QED) is 0.770. The Hall–Kier alpha value is -2.14. The zero-order valence-electron chi connectivity index (χ0n) is 13.1. The van der Waals surface area contributed by atoms with Crippen LogP contribution in [0.2, 0.25) is 0 Å². The van der Waals surface area contributed by atoms with Gasteiger partial charge in [-0.25, -0.2) is 4.98 Å². The molecule has 0 saturated carbocycles. The maximum absolute atomic E-state index is 12.0. The van der Waals surface area contributed by atoms with E-state index in [4.69, 9.17) is 10.2 Å². The number of hydrogen-bond donors (Lipinski definition) is 2. The van der Waals surface area contributed by atoms with E-state index in [-0.39, 0.29) is 23.6 Å². The number of amides is 1. The number of benzene rings is 1. The number of nitrogens with zero attached hydrogens (tertiary/aromatic N) is 1. The van der Waals surface area contributed by atoms with Gasteiger partial charge in [-0.2, -0.15) is 0 Å². The molecule has 1 unspecified atom stereocenters. The fourth-order valence-electron chi connectivity index (χ4n) is 2.06. The number of hydrogen-bond acceptors (Lipinski definition) is 4. The van der Waals surface area contributed by atoms with Crippen LogP contribution in [0.25, 0.3) is 0 Å². The van der Waals surface area contributed by atoms with Crippen molar-refractivity contribution in [1.82, 2.24) is 10.3 Å². The SMILES string of the molecule is CC(C)C(N)c1nc(C(=O)NCCCc2ccccc2)co1. The second kappa shape index (κ2) is 7.75. The molecule has 1 heterocycles. The Balaban J connectivity index is 1.78. The minimum atomic E-state index is -0.292. The van der Waals surface area contributed by atoms with Gasteiger partial charge in [0.1, 0.15) is 6.26 Å². The molecule has 3 N–H and O–H groups in total. The third kappa shape index (κ3) is 4.43. The maximum Gasteiger partial charge on any atom is 0.273 e. The highest BCUT2D eigenvalue weighted by atomic mass is 16.3. The first-order chi connectivity index (χ1) is 10.6. The van der Waals surface area contributed by atoms with Gasteiger partial charge in [-0.05, 0) is 24.3 Å². The fourth-order valence-corrected chi connectivity index (χ4v) is 2.06. The molecule has 0 aliphatic carbocycles. The van der Waals surface area contributed by atoms with Gasteiger partial charge in [0, 0.05) is 6.54 Å². The van der Waals surface area contributed by atoms with Crippen molar-refractivity contribution < 1.29 is 9.21 Å². The van der Waals surface area contributed by atoms with Crippen molar-refractivity contribution >= 4 is 5.91 Å². The van der Waals surface area contributed by atoms with Gasteiger partial charge in [0.15, 0.2) is 5.69 Å². The Morgan fingerprint density at radius 2 is 2.05 bits per heavy atom. The Kier molecular flexibility index (Phi) is 5.72. The standard InChI is InChI=1S/C17H23N3O2/c1-12(2)15(18)17-20-14(11-22-17)16(21)19-10-6-9-13-7-4-3-5-8-13/h3-5,7-8,11-12,15H,6,9-10,18H2,1-2H3,(H,19,21). The van der Waals surface area contributed by atoms with Crippen LogP contribution < -0.4 is 11.1 Å². The molecule has 2 rings (SSSR count). The molecule has 1 amide bonds. The van der Waals surface area contributed by atoms with Gasteiger partial charge in [-0.1, -0.05) is 44.2 Å². The Labute approximate surface area is 130 Å². The van der Waals surface area contributed by atoms with E-state index in [1.54, 1.807) is 0 Å². The number of nitrogens with two attached hydrogens (primary N) is 1. The molecule has 0 bridgehead atoms. The van der Waals surface area contributed by atoms with Crippen LogP contribution in [0.5, 0.6) is 0 Å². The van der Waals surface area contributed by atoms with Gasteiger partial charge in [-0.15, -0.1) is 0 Å². The van der Waals surface area contributed by atoms with E-state index in [0.717, 1.165) is 12.8 Å². The maximum atomic E-state index is 12.0. The summed E-state index contributed by atoms with van der Waals surface area (Å²) in [5.41, 5.74) is 7.50. The Morgan fingerprint density at radius 3 is 2.73 bits per heavy atom. The molecule has 5 nitrogen and oxygen atoms in total. The molecular formula is C17H23N3O2. The smallest absolute Gasteiger partial charge is 0.273 e. The molecule has 22 heavy (non-hydrogen) atoms. The highest BCUT2D eigenvalue weighted by Gasteiger charge is 2.19. The summed E-state index contributed by atoms with van der Waals surface area (Å²) in [7, 11) is 0. The first-order valence-electron chi connectivity index (χ1n) is 7.61. The number of carbonyl (C=O) groups is 1. The van der Waals surface area contributed by atoms with Gasteiger partial charge in [0.2, 0.25) is 5.89 Å². The minimum absolute atomic E-state index is 0.209. The van der Waals surface area contributed by atoms with E-state index < -0.39 is 0 Å². The summed E-state index contributed by atoms with van der Waals surface area (Å²) in [5, 5.41) is 2.85. The second-order valence-electron chi connectivity index (χ2n) is 5.69. The van der Waals surface area contributed by atoms with E-state index in [1.165, 1.54) is 11.8 Å². The van der Waals surface area contributed by atoms with Crippen LogP contribution >= 0.6 is 0 Å². The molecule has 0 saturated heterocycles. The highest BCUT2D eigenvalue weighted by molar-refractivity contribution is 5.91. The number of carbonyl (C=O) groups excluding carboxylic acids is 1. The summed E-state index contributed by atoms with van der Waals surface area (Å²) in [6.07, 6.45) is 3.18. The van der Waals surface area contributed by atoms with E-state index in [1.807, 2.05) is 32.0 Å². The van der Waals surface area contributed by atoms with Crippen LogP contribution in [0.1, 0.15) is 48.3 Å². The Morgan fingerprint density at radius 1 is 1.32 bits per heavy atom. The third-order valence-corrected chi connectivity index (χ3v) is 3.53. The third-order valence-electron chi connectivity index (χ3n) is 3.53. The van der Waals surface area contributed by atoms with Crippen molar-refractivity contribution in [3.05, 3.63) is 53.7 Å². The second-order valence-corrected chi connectivity index (χ2v) is 5.69. The van der Waals surface area contributed by atoms with Gasteiger partial charge in [0.05, 0.1) is 6.04 Å². The first kappa shape index (κ1) is 16.2. The first-order valence-corrected chi connectivity index (χ1v) is 7.61. The van der Waals surface area contributed by atoms with Crippen LogP contribution in [0.15, 0.2) is 41.0 Å². The molecular weight excluding hydrogens is 278 g/mol. The monoisotopic (exact) mass is 301 g/mol. The van der Waals surface area contributed by atoms with Gasteiger partial charge in [0.25, 0.3) is 5.91 Å². The van der Waals surface area contributed by atoms with E-state index >= 15 is 0 Å². The topological polar surface area (TPSA) is 81.1 Å². The molecule has 2 aromatic rings. The lowest BCUT2D eigenvalue weighted by molar-refractivity contribution is 0.0948. The lowest BCUT2D eigenvalue weighted by Gasteiger charge is -2.10. The molecule has 5 heteroatoms. The van der Waals surface area contributed by atoms with Crippen LogP contribution in [-0.4, -0.2) is 17.4 Å². The van der Waals surface area contributed by atoms with E-state index in [0.29, 0.717) is 12.4 Å². The summed E-state index contributed by atoms with van der Waals surface area (Å²) >= 11 is 0. The van der Waals surface area contributed by atoms with Crippen LogP contribution in [0.3, 0.4) is 0 Å². The predicted octanol–water partition coefficient (Wildman–Crippen LogP) is 2.69. The summed E-state index contributed by atoms with van der Waals surface area (Å²) in [6, 6.07) is 9.90. The average molecular weight is 301 g/mol.